The Kier molecular flexibility index (Phi) is 1.84. The lowest BCUT2D eigenvalue weighted by Crippen LogP contribution is -2.17. The molecule has 1 aromatic rings. The second-order valence-electron chi connectivity index (χ2n) is 4.42. The Labute approximate surface area is 89.2 Å². The molecule has 0 bridgehead atoms. The Bertz CT molecular complexity index is 403. The molecule has 0 heterocycles. The summed E-state index contributed by atoms with van der Waals surface area (Å²) in [6, 6.07) is 4.54. The lowest BCUT2D eigenvalue weighted by molar-refractivity contribution is -0.147. The van der Waals surface area contributed by atoms with Crippen molar-refractivity contribution in [3.05, 3.63) is 34.4 Å². The Morgan fingerprint density at radius 1 is 1.27 bits per heavy atom. The number of hydrogen-bond acceptors (Lipinski definition) is 2. The molecule has 0 saturated heterocycles. The summed E-state index contributed by atoms with van der Waals surface area (Å²) in [5.41, 5.74) is 5.67. The van der Waals surface area contributed by atoms with E-state index in [1.54, 1.807) is 0 Å². The van der Waals surface area contributed by atoms with Crippen molar-refractivity contribution in [2.75, 3.05) is 6.61 Å². The fourth-order valence-electron chi connectivity index (χ4n) is 2.46. The number of carbonyl (C=O) groups is 1. The molecule has 2 aliphatic carbocycles. The molecule has 0 fully saturated rings. The number of benzene rings is 1. The lowest BCUT2D eigenvalue weighted by Gasteiger charge is -2.06. The molecule has 0 N–H and O–H groups in total. The number of esters is 1. The van der Waals surface area contributed by atoms with E-state index in [1.807, 2.05) is 6.92 Å². The molecular formula is C13H14O2. The SMILES string of the molecule is CCOC(=O)C1Cc2cc3c(cc2C1)C3. The van der Waals surface area contributed by atoms with Gasteiger partial charge in [0.1, 0.15) is 0 Å². The van der Waals surface area contributed by atoms with Gasteiger partial charge in [-0.25, -0.2) is 0 Å². The van der Waals surface area contributed by atoms with Crippen LogP contribution in [0.5, 0.6) is 0 Å². The zero-order valence-corrected chi connectivity index (χ0v) is 8.88. The van der Waals surface area contributed by atoms with Crippen LogP contribution < -0.4 is 0 Å². The third-order valence-electron chi connectivity index (χ3n) is 3.33. The van der Waals surface area contributed by atoms with Crippen LogP contribution in [-0.2, 0) is 28.8 Å². The van der Waals surface area contributed by atoms with Crippen LogP contribution in [0.3, 0.4) is 0 Å². The number of carbonyl (C=O) groups excluding carboxylic acids is 1. The maximum Gasteiger partial charge on any atom is 0.309 e. The molecule has 15 heavy (non-hydrogen) atoms. The molecule has 78 valence electrons. The van der Waals surface area contributed by atoms with Crippen LogP contribution >= 0.6 is 0 Å². The zero-order chi connectivity index (χ0) is 10.4. The Balaban J connectivity index is 1.79. The topological polar surface area (TPSA) is 26.3 Å². The van der Waals surface area contributed by atoms with E-state index in [2.05, 4.69) is 12.1 Å². The van der Waals surface area contributed by atoms with Crippen LogP contribution in [0.2, 0.25) is 0 Å². The third-order valence-corrected chi connectivity index (χ3v) is 3.33. The highest BCUT2D eigenvalue weighted by atomic mass is 16.5. The summed E-state index contributed by atoms with van der Waals surface area (Å²) in [6.45, 7) is 2.35. The van der Waals surface area contributed by atoms with Gasteiger partial charge in [0.25, 0.3) is 0 Å². The van der Waals surface area contributed by atoms with Crippen LogP contribution in [0.15, 0.2) is 12.1 Å². The van der Waals surface area contributed by atoms with Crippen LogP contribution in [-0.4, -0.2) is 12.6 Å². The van der Waals surface area contributed by atoms with Crippen LogP contribution in [0.4, 0.5) is 0 Å². The van der Waals surface area contributed by atoms with Crippen LogP contribution in [0, 0.1) is 5.92 Å². The highest BCUT2D eigenvalue weighted by Crippen LogP contribution is 2.36. The zero-order valence-electron chi connectivity index (χ0n) is 8.88. The maximum atomic E-state index is 11.6. The highest BCUT2D eigenvalue weighted by molar-refractivity contribution is 5.75. The van der Waals surface area contributed by atoms with Crippen molar-refractivity contribution in [2.45, 2.75) is 26.2 Å². The molecule has 0 unspecified atom stereocenters. The van der Waals surface area contributed by atoms with Gasteiger partial charge >= 0.3 is 5.97 Å². The number of hydrogen-bond donors (Lipinski definition) is 0. The number of ether oxygens (including phenoxy) is 1. The van der Waals surface area contributed by atoms with E-state index in [4.69, 9.17) is 4.74 Å². The number of rotatable bonds is 2. The monoisotopic (exact) mass is 202 g/mol. The van der Waals surface area contributed by atoms with Crippen molar-refractivity contribution in [1.29, 1.82) is 0 Å². The van der Waals surface area contributed by atoms with Crippen molar-refractivity contribution in [3.63, 3.8) is 0 Å². The predicted octanol–water partition coefficient (Wildman–Crippen LogP) is 1.87. The van der Waals surface area contributed by atoms with E-state index >= 15 is 0 Å². The van der Waals surface area contributed by atoms with Crippen molar-refractivity contribution in [3.8, 4) is 0 Å². The van der Waals surface area contributed by atoms with E-state index < -0.39 is 0 Å². The molecule has 2 aliphatic rings. The fourth-order valence-corrected chi connectivity index (χ4v) is 2.46. The van der Waals surface area contributed by atoms with Gasteiger partial charge < -0.3 is 4.74 Å². The highest BCUT2D eigenvalue weighted by Gasteiger charge is 2.31. The van der Waals surface area contributed by atoms with Gasteiger partial charge in [-0.2, -0.15) is 0 Å². The summed E-state index contributed by atoms with van der Waals surface area (Å²) < 4.78 is 5.06. The molecular weight excluding hydrogens is 188 g/mol. The van der Waals surface area contributed by atoms with Gasteiger partial charge in [0.2, 0.25) is 0 Å². The van der Waals surface area contributed by atoms with Crippen molar-refractivity contribution in [1.82, 2.24) is 0 Å². The van der Waals surface area contributed by atoms with Crippen LogP contribution in [0.1, 0.15) is 29.2 Å². The second-order valence-corrected chi connectivity index (χ2v) is 4.42. The molecule has 0 saturated carbocycles. The van der Waals surface area contributed by atoms with Gasteiger partial charge in [-0.05, 0) is 48.4 Å². The summed E-state index contributed by atoms with van der Waals surface area (Å²) >= 11 is 0. The molecule has 3 rings (SSSR count). The smallest absolute Gasteiger partial charge is 0.309 e. The number of fused-ring (bicyclic) bond motifs is 2. The van der Waals surface area contributed by atoms with Crippen molar-refractivity contribution >= 4 is 5.97 Å². The standard InChI is InChI=1S/C13H14O2/c1-2-15-13(14)12-6-10-4-8-3-9(8)5-11(10)7-12/h4-5,12H,2-3,6-7H2,1H3. The van der Waals surface area contributed by atoms with E-state index in [0.717, 1.165) is 19.3 Å². The first kappa shape index (κ1) is 8.96. The normalized spacial score (nSPS) is 17.1. The summed E-state index contributed by atoms with van der Waals surface area (Å²) in [6.07, 6.45) is 2.92. The van der Waals surface area contributed by atoms with Crippen molar-refractivity contribution < 1.29 is 9.53 Å². The molecule has 2 nitrogen and oxygen atoms in total. The Hall–Kier alpha value is -1.31. The summed E-state index contributed by atoms with van der Waals surface area (Å²) in [5.74, 6) is 0.0403. The molecule has 0 atom stereocenters. The van der Waals surface area contributed by atoms with E-state index in [0.29, 0.717) is 6.61 Å². The predicted molar refractivity (Wildman–Crippen MR) is 56.8 cm³/mol. The van der Waals surface area contributed by atoms with Crippen LogP contribution in [0.25, 0.3) is 0 Å². The molecule has 0 amide bonds. The van der Waals surface area contributed by atoms with E-state index in [9.17, 15) is 4.79 Å². The largest absolute Gasteiger partial charge is 0.466 e. The molecule has 0 aliphatic heterocycles. The Morgan fingerprint density at radius 2 is 1.87 bits per heavy atom. The third kappa shape index (κ3) is 1.44. The Morgan fingerprint density at radius 3 is 2.40 bits per heavy atom. The minimum absolute atomic E-state index is 0.0302. The van der Waals surface area contributed by atoms with E-state index in [1.165, 1.54) is 22.3 Å². The lowest BCUT2D eigenvalue weighted by atomic mass is 10.1. The average molecular weight is 202 g/mol. The van der Waals surface area contributed by atoms with Gasteiger partial charge in [-0.1, -0.05) is 12.1 Å². The van der Waals surface area contributed by atoms with Crippen molar-refractivity contribution in [2.24, 2.45) is 5.92 Å². The summed E-state index contributed by atoms with van der Waals surface area (Å²) in [4.78, 5) is 11.6. The molecule has 0 radical (unpaired) electrons. The van der Waals surface area contributed by atoms with Gasteiger partial charge in [-0.3, -0.25) is 4.79 Å². The molecule has 1 aromatic carbocycles. The second kappa shape index (κ2) is 3.09. The quantitative estimate of drug-likeness (QED) is 0.695. The first-order chi connectivity index (χ1) is 7.28. The van der Waals surface area contributed by atoms with Gasteiger partial charge in [-0.15, -0.1) is 0 Å². The fraction of sp³-hybridized carbons (Fsp3) is 0.462. The summed E-state index contributed by atoms with van der Waals surface area (Å²) in [7, 11) is 0. The van der Waals surface area contributed by atoms with E-state index in [-0.39, 0.29) is 11.9 Å². The minimum Gasteiger partial charge on any atom is -0.466 e. The first-order valence-electron chi connectivity index (χ1n) is 5.58. The minimum atomic E-state index is -0.0302. The maximum absolute atomic E-state index is 11.6. The molecule has 0 aromatic heterocycles. The van der Waals surface area contributed by atoms with Gasteiger partial charge in [0.15, 0.2) is 0 Å². The van der Waals surface area contributed by atoms with Gasteiger partial charge in [0.05, 0.1) is 12.5 Å². The van der Waals surface area contributed by atoms with Gasteiger partial charge in [0, 0.05) is 0 Å². The first-order valence-corrected chi connectivity index (χ1v) is 5.58. The summed E-state index contributed by atoms with van der Waals surface area (Å²) in [5, 5.41) is 0. The molecule has 0 spiro atoms. The molecule has 2 heteroatoms. The average Bonchev–Trinajstić information content (AvgIpc) is 2.83.